The lowest BCUT2D eigenvalue weighted by molar-refractivity contribution is -0.147. The highest BCUT2D eigenvalue weighted by Gasteiger charge is 2.42. The minimum absolute atomic E-state index is 0.0459. The van der Waals surface area contributed by atoms with Gasteiger partial charge in [-0.3, -0.25) is 19.6 Å². The van der Waals surface area contributed by atoms with E-state index in [2.05, 4.69) is 60.3 Å². The smallest absolute Gasteiger partial charge is 0.320 e. The van der Waals surface area contributed by atoms with Crippen LogP contribution >= 0.6 is 11.3 Å². The van der Waals surface area contributed by atoms with E-state index in [0.29, 0.717) is 50.6 Å². The van der Waals surface area contributed by atoms with Gasteiger partial charge in [-0.25, -0.2) is 15.2 Å². The number of hydrazine groups is 1. The van der Waals surface area contributed by atoms with Crippen molar-refractivity contribution in [3.05, 3.63) is 58.2 Å². The van der Waals surface area contributed by atoms with Crippen LogP contribution in [0.4, 0.5) is 4.79 Å². The van der Waals surface area contributed by atoms with Gasteiger partial charge in [0.25, 0.3) is 5.91 Å². The summed E-state index contributed by atoms with van der Waals surface area (Å²) < 4.78 is 20.0. The Bertz CT molecular complexity index is 2290. The molecule has 7 rings (SSSR count). The zero-order chi connectivity index (χ0) is 44.5. The maximum absolute atomic E-state index is 14.7. The Morgan fingerprint density at radius 3 is 2.60 bits per heavy atom. The van der Waals surface area contributed by atoms with E-state index in [1.165, 1.54) is 21.2 Å². The first kappa shape index (κ1) is 45.3. The SMILES string of the molecule is CCn1c(-c2cccnc2[C@H](C)OC)c2c3cc(ccc31)-c1csc(n1)C[C@H](NC(=O)[C@H](C(C)C)N(C)C(=O)N(C)C1COC1)C(=O)N1CCC[C@](C=O)(COCC(C)(C)C2)N1. The predicted octanol–water partition coefficient (Wildman–Crippen LogP) is 5.65. The number of amides is 4. The summed E-state index contributed by atoms with van der Waals surface area (Å²) in [6.45, 7) is 14.6. The second-order valence-electron chi connectivity index (χ2n) is 18.2. The number of aromatic nitrogens is 3. The Balaban J connectivity index is 1.31. The van der Waals surface area contributed by atoms with Crippen LogP contribution in [0, 0.1) is 11.3 Å². The number of ether oxygens (including phenoxy) is 3. The second kappa shape index (κ2) is 18.5. The molecule has 3 aliphatic heterocycles. The van der Waals surface area contributed by atoms with Gasteiger partial charge in [0.1, 0.15) is 23.9 Å². The fraction of sp³-hybridized carbons (Fsp3) is 0.565. The molecule has 6 heterocycles. The van der Waals surface area contributed by atoms with Crippen molar-refractivity contribution in [2.24, 2.45) is 11.3 Å². The van der Waals surface area contributed by atoms with E-state index in [4.69, 9.17) is 24.2 Å². The standard InChI is InChI=1S/C46H62N8O7S/c1-10-53-37-15-14-30-19-33(37)34(41(53)32-13-11-17-47-39(32)29(4)59-9)21-45(5,6)26-61-27-46(25-55)16-12-18-54(50-46)43(57)35(20-38-48-36(30)24-62-38)49-42(56)40(28(2)3)52(8)44(58)51(7)31-22-60-23-31/h11,13-15,17,19,24-25,28-29,31,35,40,50H,10,12,16,18,20-23,26-27H2,1-9H3,(H,49,56)/t29-,35-,40-,46-/m0/s1. The molecule has 1 aromatic carbocycles. The second-order valence-corrected chi connectivity index (χ2v) is 19.1. The number of likely N-dealkylation sites (N-methyl/N-ethyl adjacent to an activating group) is 2. The van der Waals surface area contributed by atoms with Gasteiger partial charge in [0.15, 0.2) is 0 Å². The third-order valence-electron chi connectivity index (χ3n) is 12.6. The van der Waals surface area contributed by atoms with Crippen LogP contribution in [-0.4, -0.2) is 131 Å². The molecule has 4 aromatic rings. The highest BCUT2D eigenvalue weighted by atomic mass is 32.1. The number of carbonyl (C=O) groups is 4. The van der Waals surface area contributed by atoms with Gasteiger partial charge in [0.05, 0.1) is 60.7 Å². The molecule has 4 amide bonds. The van der Waals surface area contributed by atoms with Crippen LogP contribution < -0.4 is 10.7 Å². The number of rotatable bonds is 10. The van der Waals surface area contributed by atoms with Crippen molar-refractivity contribution in [3.8, 4) is 22.5 Å². The number of methoxy groups -OCH3 is 1. The fourth-order valence-corrected chi connectivity index (χ4v) is 9.92. The molecule has 0 aliphatic carbocycles. The molecule has 16 heteroatoms. The molecular weight excluding hydrogens is 809 g/mol. The average molecular weight is 871 g/mol. The van der Waals surface area contributed by atoms with Crippen molar-refractivity contribution in [2.45, 2.75) is 104 Å². The molecular formula is C46H62N8O7S. The van der Waals surface area contributed by atoms with Crippen LogP contribution in [0.5, 0.6) is 0 Å². The number of hydrogen-bond donors (Lipinski definition) is 2. The third-order valence-corrected chi connectivity index (χ3v) is 13.5. The van der Waals surface area contributed by atoms with E-state index in [-0.39, 0.29) is 37.1 Å². The van der Waals surface area contributed by atoms with Gasteiger partial charge in [-0.1, -0.05) is 33.8 Å². The zero-order valence-electron chi connectivity index (χ0n) is 37.5. The molecule has 3 aromatic heterocycles. The average Bonchev–Trinajstić information content (AvgIpc) is 3.83. The molecule has 0 spiro atoms. The van der Waals surface area contributed by atoms with Crippen LogP contribution in [-0.2, 0) is 48.0 Å². The van der Waals surface area contributed by atoms with E-state index in [1.54, 1.807) is 32.3 Å². The van der Waals surface area contributed by atoms with E-state index in [9.17, 15) is 19.2 Å². The monoisotopic (exact) mass is 870 g/mol. The quantitative estimate of drug-likeness (QED) is 0.191. The maximum Gasteiger partial charge on any atom is 0.320 e. The normalized spacial score (nSPS) is 21.8. The number of urea groups is 1. The van der Waals surface area contributed by atoms with Gasteiger partial charge >= 0.3 is 6.03 Å². The Morgan fingerprint density at radius 2 is 1.92 bits per heavy atom. The molecule has 0 unspecified atom stereocenters. The highest BCUT2D eigenvalue weighted by Crippen LogP contribution is 2.42. The summed E-state index contributed by atoms with van der Waals surface area (Å²) in [5.74, 6) is -1.13. The van der Waals surface area contributed by atoms with Crippen molar-refractivity contribution in [1.29, 1.82) is 0 Å². The Labute approximate surface area is 368 Å². The number of pyridine rings is 1. The van der Waals surface area contributed by atoms with Gasteiger partial charge in [0.2, 0.25) is 5.91 Å². The van der Waals surface area contributed by atoms with Crippen LogP contribution in [0.3, 0.4) is 0 Å². The fourth-order valence-electron chi connectivity index (χ4n) is 9.07. The largest absolute Gasteiger partial charge is 0.378 e. The molecule has 0 radical (unpaired) electrons. The third kappa shape index (κ3) is 9.03. The summed E-state index contributed by atoms with van der Waals surface area (Å²) in [6, 6.07) is 8.21. The lowest BCUT2D eigenvalue weighted by Crippen LogP contribution is -2.66. The Hall–Kier alpha value is -4.74. The van der Waals surface area contributed by atoms with Crippen molar-refractivity contribution in [2.75, 3.05) is 54.2 Å². The molecule has 334 valence electrons. The van der Waals surface area contributed by atoms with Crippen molar-refractivity contribution in [1.82, 2.24) is 40.1 Å². The molecule has 6 bridgehead atoms. The summed E-state index contributed by atoms with van der Waals surface area (Å²) >= 11 is 1.42. The summed E-state index contributed by atoms with van der Waals surface area (Å²) in [4.78, 5) is 68.5. The number of carbonyl (C=O) groups excluding carboxylic acids is 4. The number of thiazole rings is 1. The van der Waals surface area contributed by atoms with Crippen molar-refractivity contribution in [3.63, 3.8) is 0 Å². The number of benzene rings is 1. The van der Waals surface area contributed by atoms with Gasteiger partial charge in [-0.2, -0.15) is 0 Å². The number of aldehydes is 1. The number of aryl methyl sites for hydroxylation is 1. The number of nitrogens with zero attached hydrogens (tertiary/aromatic N) is 6. The van der Waals surface area contributed by atoms with Gasteiger partial charge < -0.3 is 38.7 Å². The summed E-state index contributed by atoms with van der Waals surface area (Å²) in [5, 5.41) is 8.21. The first-order valence-electron chi connectivity index (χ1n) is 21.7. The Kier molecular flexibility index (Phi) is 13.5. The number of hydrogen-bond acceptors (Lipinski definition) is 11. The van der Waals surface area contributed by atoms with E-state index < -0.39 is 34.9 Å². The maximum atomic E-state index is 14.7. The minimum atomic E-state index is -1.17. The van der Waals surface area contributed by atoms with E-state index in [0.717, 1.165) is 57.5 Å². The first-order valence-corrected chi connectivity index (χ1v) is 22.6. The molecule has 2 N–H and O–H groups in total. The topological polar surface area (TPSA) is 160 Å². The molecule has 15 nitrogen and oxygen atoms in total. The first-order chi connectivity index (χ1) is 29.6. The lowest BCUT2D eigenvalue weighted by Gasteiger charge is -2.42. The van der Waals surface area contributed by atoms with E-state index in [1.807, 2.05) is 32.2 Å². The van der Waals surface area contributed by atoms with Gasteiger partial charge in [-0.15, -0.1) is 11.3 Å². The Morgan fingerprint density at radius 1 is 1.15 bits per heavy atom. The molecule has 62 heavy (non-hydrogen) atoms. The molecule has 2 saturated heterocycles. The van der Waals surface area contributed by atoms with Crippen LogP contribution in [0.2, 0.25) is 0 Å². The molecule has 3 aliphatic rings. The van der Waals surface area contributed by atoms with Crippen molar-refractivity contribution < 1.29 is 33.4 Å². The van der Waals surface area contributed by atoms with Crippen LogP contribution in [0.1, 0.15) is 76.8 Å². The van der Waals surface area contributed by atoms with Crippen LogP contribution in [0.25, 0.3) is 33.4 Å². The lowest BCUT2D eigenvalue weighted by atomic mass is 9.84. The van der Waals surface area contributed by atoms with E-state index >= 15 is 0 Å². The van der Waals surface area contributed by atoms with Crippen LogP contribution in [0.15, 0.2) is 41.9 Å². The highest BCUT2D eigenvalue weighted by molar-refractivity contribution is 7.10. The molecule has 4 atom stereocenters. The van der Waals surface area contributed by atoms with Crippen molar-refractivity contribution >= 4 is 46.4 Å². The summed E-state index contributed by atoms with van der Waals surface area (Å²) in [6.07, 6.45) is 4.17. The minimum Gasteiger partial charge on any atom is -0.378 e. The molecule has 0 saturated carbocycles. The summed E-state index contributed by atoms with van der Waals surface area (Å²) in [5.41, 5.74) is 8.53. The summed E-state index contributed by atoms with van der Waals surface area (Å²) in [7, 11) is 5.02. The number of fused-ring (bicyclic) bond motifs is 6. The van der Waals surface area contributed by atoms with Gasteiger partial charge in [0, 0.05) is 74.3 Å². The predicted molar refractivity (Wildman–Crippen MR) is 238 cm³/mol. The molecule has 2 fully saturated rings. The van der Waals surface area contributed by atoms with Gasteiger partial charge in [-0.05, 0) is 74.3 Å². The number of nitrogens with one attached hydrogen (secondary N) is 2. The zero-order valence-corrected chi connectivity index (χ0v) is 38.3.